The molecule has 3 aromatic rings. The fourth-order valence-electron chi connectivity index (χ4n) is 3.72. The number of aryl methyl sites for hydroxylation is 2. The van der Waals surface area contributed by atoms with Crippen LogP contribution >= 0.6 is 0 Å². The van der Waals surface area contributed by atoms with Gasteiger partial charge >= 0.3 is 0 Å². The van der Waals surface area contributed by atoms with Crippen molar-refractivity contribution >= 4 is 23.0 Å². The lowest BCUT2D eigenvalue weighted by Crippen LogP contribution is -2.21. The van der Waals surface area contributed by atoms with Gasteiger partial charge in [0.25, 0.3) is 0 Å². The smallest absolute Gasteiger partial charge is 0.242 e. The number of fused-ring (bicyclic) bond motifs is 1. The van der Waals surface area contributed by atoms with Gasteiger partial charge in [-0.25, -0.2) is 14.5 Å². The zero-order chi connectivity index (χ0) is 19.8. The third-order valence-electron chi connectivity index (χ3n) is 4.97. The van der Waals surface area contributed by atoms with Crippen LogP contribution < -0.4 is 4.90 Å². The number of amides is 1. The maximum absolute atomic E-state index is 11.3. The molecule has 1 amide bonds. The molecule has 4 rings (SSSR count). The molecule has 2 aromatic heterocycles. The van der Waals surface area contributed by atoms with Crippen molar-refractivity contribution in [2.24, 2.45) is 4.99 Å². The number of anilines is 1. The molecule has 1 aromatic carbocycles. The van der Waals surface area contributed by atoms with Gasteiger partial charge in [-0.15, -0.1) is 0 Å². The van der Waals surface area contributed by atoms with Gasteiger partial charge in [-0.2, -0.15) is 5.10 Å². The topological polar surface area (TPSA) is 83.1 Å². The van der Waals surface area contributed by atoms with Crippen LogP contribution in [0.3, 0.4) is 0 Å². The molecule has 1 saturated heterocycles. The average Bonchev–Trinajstić information content (AvgIpc) is 3.24. The van der Waals surface area contributed by atoms with Crippen LogP contribution in [0.4, 0.5) is 5.69 Å². The van der Waals surface area contributed by atoms with Gasteiger partial charge < -0.3 is 10.0 Å². The van der Waals surface area contributed by atoms with Gasteiger partial charge in [0.05, 0.1) is 35.9 Å². The number of aliphatic imine (C=N–C) groups is 1. The molecule has 0 aliphatic carbocycles. The molecular weight excluding hydrogens is 354 g/mol. The Hall–Kier alpha value is -3.06. The number of rotatable bonds is 3. The summed E-state index contributed by atoms with van der Waals surface area (Å²) in [6.07, 6.45) is 0.780. The van der Waals surface area contributed by atoms with E-state index in [-0.39, 0.29) is 12.5 Å². The summed E-state index contributed by atoms with van der Waals surface area (Å²) in [6, 6.07) is 9.83. The van der Waals surface area contributed by atoms with Crippen LogP contribution in [-0.4, -0.2) is 44.4 Å². The van der Waals surface area contributed by atoms with Crippen LogP contribution in [0.1, 0.15) is 30.3 Å². The van der Waals surface area contributed by atoms with Crippen molar-refractivity contribution in [3.63, 3.8) is 0 Å². The predicted octanol–water partition coefficient (Wildman–Crippen LogP) is 2.70. The van der Waals surface area contributed by atoms with E-state index in [9.17, 15) is 9.90 Å². The summed E-state index contributed by atoms with van der Waals surface area (Å²) in [5.41, 5.74) is 7.32. The van der Waals surface area contributed by atoms with E-state index in [4.69, 9.17) is 10.1 Å². The molecule has 0 spiro atoms. The number of aliphatic hydroxyl groups excluding tert-OH is 1. The van der Waals surface area contributed by atoms with E-state index in [0.717, 1.165) is 58.2 Å². The van der Waals surface area contributed by atoms with E-state index in [1.807, 2.05) is 48.7 Å². The monoisotopic (exact) mass is 377 g/mol. The zero-order valence-corrected chi connectivity index (χ0v) is 16.3. The second-order valence-electron chi connectivity index (χ2n) is 7.18. The molecule has 0 saturated carbocycles. The van der Waals surface area contributed by atoms with Gasteiger partial charge in [0.15, 0.2) is 5.65 Å². The Morgan fingerprint density at radius 2 is 2.00 bits per heavy atom. The fourth-order valence-corrected chi connectivity index (χ4v) is 3.72. The van der Waals surface area contributed by atoms with Gasteiger partial charge in [-0.1, -0.05) is 24.3 Å². The predicted molar refractivity (Wildman–Crippen MR) is 109 cm³/mol. The van der Waals surface area contributed by atoms with Crippen molar-refractivity contribution < 1.29 is 9.90 Å². The highest BCUT2D eigenvalue weighted by Gasteiger charge is 2.24. The lowest BCUT2D eigenvalue weighted by Gasteiger charge is -2.18. The lowest BCUT2D eigenvalue weighted by molar-refractivity contribution is -0.115. The number of carbonyl (C=O) groups is 1. The molecular formula is C21H23N5O2. The van der Waals surface area contributed by atoms with E-state index >= 15 is 0 Å². The largest absolute Gasteiger partial charge is 0.392 e. The molecule has 0 radical (unpaired) electrons. The summed E-state index contributed by atoms with van der Waals surface area (Å²) in [6.45, 7) is 6.89. The first-order valence-corrected chi connectivity index (χ1v) is 9.35. The SMILES string of the molecule is CC(=O)N=C1CCN(c2cc(C)nn3c(-c4ccc(CO)cc4)c(C)nc23)C1. The summed E-state index contributed by atoms with van der Waals surface area (Å²) in [4.78, 5) is 22.4. The van der Waals surface area contributed by atoms with Crippen molar-refractivity contribution in [3.05, 3.63) is 47.3 Å². The van der Waals surface area contributed by atoms with Gasteiger partial charge in [-0.05, 0) is 25.5 Å². The van der Waals surface area contributed by atoms with E-state index in [1.165, 1.54) is 6.92 Å². The Morgan fingerprint density at radius 1 is 1.25 bits per heavy atom. The minimum Gasteiger partial charge on any atom is -0.392 e. The molecule has 0 unspecified atom stereocenters. The van der Waals surface area contributed by atoms with Crippen LogP contribution in [-0.2, 0) is 11.4 Å². The number of hydrogen-bond acceptors (Lipinski definition) is 5. The number of imidazole rings is 1. The summed E-state index contributed by atoms with van der Waals surface area (Å²) < 4.78 is 1.90. The van der Waals surface area contributed by atoms with Gasteiger partial charge in [0, 0.05) is 31.2 Å². The first kappa shape index (κ1) is 18.3. The summed E-state index contributed by atoms with van der Waals surface area (Å²) in [5, 5.41) is 14.0. The van der Waals surface area contributed by atoms with E-state index in [0.29, 0.717) is 6.54 Å². The Kier molecular flexibility index (Phi) is 4.68. The van der Waals surface area contributed by atoms with Crippen molar-refractivity contribution in [3.8, 4) is 11.3 Å². The molecule has 1 N–H and O–H groups in total. The number of carbonyl (C=O) groups excluding carboxylic acids is 1. The Morgan fingerprint density at radius 3 is 2.68 bits per heavy atom. The van der Waals surface area contributed by atoms with Gasteiger partial charge in [0.1, 0.15) is 0 Å². The number of aliphatic hydroxyl groups is 1. The van der Waals surface area contributed by atoms with Crippen LogP contribution in [0.15, 0.2) is 35.3 Å². The molecule has 144 valence electrons. The molecule has 7 heteroatoms. The molecule has 0 bridgehead atoms. The highest BCUT2D eigenvalue weighted by molar-refractivity contribution is 6.00. The first-order valence-electron chi connectivity index (χ1n) is 9.35. The number of nitrogens with zero attached hydrogens (tertiary/aromatic N) is 5. The maximum atomic E-state index is 11.3. The third kappa shape index (κ3) is 3.29. The maximum Gasteiger partial charge on any atom is 0.242 e. The fraction of sp³-hybridized carbons (Fsp3) is 0.333. The van der Waals surface area contributed by atoms with E-state index in [2.05, 4.69) is 9.89 Å². The van der Waals surface area contributed by atoms with Crippen LogP contribution in [0.2, 0.25) is 0 Å². The standard InChI is InChI=1S/C21H23N5O2/c1-13-10-19(25-9-8-18(11-25)23-15(3)28)21-22-14(2)20(26(21)24-13)17-6-4-16(12-27)5-7-17/h4-7,10,27H,8-9,11-12H2,1-3H3. The molecule has 1 aliphatic heterocycles. The van der Waals surface area contributed by atoms with Crippen molar-refractivity contribution in [2.75, 3.05) is 18.0 Å². The molecule has 0 atom stereocenters. The summed E-state index contributed by atoms with van der Waals surface area (Å²) in [5.74, 6) is -0.154. The van der Waals surface area contributed by atoms with Crippen LogP contribution in [0.5, 0.6) is 0 Å². The van der Waals surface area contributed by atoms with Gasteiger partial charge in [0.2, 0.25) is 5.91 Å². The average molecular weight is 377 g/mol. The van der Waals surface area contributed by atoms with E-state index < -0.39 is 0 Å². The molecule has 1 fully saturated rings. The highest BCUT2D eigenvalue weighted by atomic mass is 16.3. The quantitative estimate of drug-likeness (QED) is 0.759. The minimum atomic E-state index is -0.154. The molecule has 7 nitrogen and oxygen atoms in total. The molecule has 28 heavy (non-hydrogen) atoms. The number of aromatic nitrogens is 3. The third-order valence-corrected chi connectivity index (χ3v) is 4.97. The van der Waals surface area contributed by atoms with E-state index in [1.54, 1.807) is 0 Å². The minimum absolute atomic E-state index is 0.0209. The van der Waals surface area contributed by atoms with Crippen molar-refractivity contribution in [1.82, 2.24) is 14.6 Å². The molecule has 3 heterocycles. The Balaban J connectivity index is 1.81. The Bertz CT molecular complexity index is 1080. The number of benzene rings is 1. The van der Waals surface area contributed by atoms with Crippen molar-refractivity contribution in [1.29, 1.82) is 0 Å². The highest BCUT2D eigenvalue weighted by Crippen LogP contribution is 2.31. The second-order valence-corrected chi connectivity index (χ2v) is 7.18. The lowest BCUT2D eigenvalue weighted by atomic mass is 10.1. The Labute approximate surface area is 163 Å². The van der Waals surface area contributed by atoms with Crippen molar-refractivity contribution in [2.45, 2.75) is 33.8 Å². The first-order chi connectivity index (χ1) is 13.5. The van der Waals surface area contributed by atoms with Gasteiger partial charge in [-0.3, -0.25) is 4.79 Å². The summed E-state index contributed by atoms with van der Waals surface area (Å²) >= 11 is 0. The molecule has 1 aliphatic rings. The second kappa shape index (κ2) is 7.16. The summed E-state index contributed by atoms with van der Waals surface area (Å²) in [7, 11) is 0. The zero-order valence-electron chi connectivity index (χ0n) is 16.3. The van der Waals surface area contributed by atoms with Crippen LogP contribution in [0, 0.1) is 13.8 Å². The van der Waals surface area contributed by atoms with Crippen LogP contribution in [0.25, 0.3) is 16.9 Å². The normalized spacial score (nSPS) is 15.7. The number of hydrogen-bond donors (Lipinski definition) is 1.